The van der Waals surface area contributed by atoms with Gasteiger partial charge in [-0.3, -0.25) is 9.59 Å². The third-order valence-corrected chi connectivity index (χ3v) is 8.95. The molecule has 0 aromatic heterocycles. The fourth-order valence-electron chi connectivity index (χ4n) is 4.40. The molecule has 0 heterocycles. The number of rotatable bonds is 16. The van der Waals surface area contributed by atoms with E-state index in [1.807, 2.05) is 60.7 Å². The highest BCUT2D eigenvalue weighted by Crippen LogP contribution is 2.41. The van der Waals surface area contributed by atoms with Gasteiger partial charge >= 0.3 is 0 Å². The van der Waals surface area contributed by atoms with Gasteiger partial charge in [0, 0.05) is 23.8 Å². The topological polar surface area (TPSA) is 52.6 Å². The van der Waals surface area contributed by atoms with Crippen molar-refractivity contribution < 1.29 is 19.1 Å². The molecule has 0 aliphatic carbocycles. The van der Waals surface area contributed by atoms with Crippen molar-refractivity contribution in [1.82, 2.24) is 0 Å². The van der Waals surface area contributed by atoms with Crippen molar-refractivity contribution in [2.75, 3.05) is 19.5 Å². The lowest BCUT2D eigenvalue weighted by atomic mass is 9.80. The summed E-state index contributed by atoms with van der Waals surface area (Å²) in [6.07, 6.45) is 4.81. The average molecular weight is 565 g/mol. The van der Waals surface area contributed by atoms with E-state index in [1.54, 1.807) is 7.11 Å². The zero-order valence-corrected chi connectivity index (χ0v) is 24.9. The Hall–Kier alpha value is -2.54. The first-order chi connectivity index (χ1) is 19.0. The van der Waals surface area contributed by atoms with Gasteiger partial charge in [-0.2, -0.15) is 0 Å². The number of carbonyl (C=O) groups excluding carboxylic acids is 2. The monoisotopic (exact) mass is 564 g/mol. The van der Waals surface area contributed by atoms with Crippen molar-refractivity contribution in [1.29, 1.82) is 0 Å². The minimum absolute atomic E-state index is 0.154. The van der Waals surface area contributed by atoms with Crippen molar-refractivity contribution >= 4 is 33.8 Å². The van der Waals surface area contributed by atoms with Crippen LogP contribution in [0.15, 0.2) is 84.9 Å². The van der Waals surface area contributed by atoms with Crippen molar-refractivity contribution in [3.05, 3.63) is 102 Å². The summed E-state index contributed by atoms with van der Waals surface area (Å²) in [5.74, 6) is 1.30. The van der Waals surface area contributed by atoms with Crippen LogP contribution in [-0.2, 0) is 19.9 Å². The fraction of sp³-hybridized carbons (Fsp3) is 0.394. The summed E-state index contributed by atoms with van der Waals surface area (Å²) in [4.78, 5) is 25.3. The smallest absolute Gasteiger partial charge is 0.189 e. The summed E-state index contributed by atoms with van der Waals surface area (Å²) < 4.78 is 12.4. The number of thioether (sulfide) groups is 2. The third kappa shape index (κ3) is 8.99. The SMILES string of the molecule is CCCCC(=O)SC[C@H](COC(c1ccccc1)(c1ccccc1)c1ccc(OC)cc1)SC(=O)CCCC. The van der Waals surface area contributed by atoms with Crippen LogP contribution in [0, 0.1) is 0 Å². The van der Waals surface area contributed by atoms with Crippen molar-refractivity contribution in [2.45, 2.75) is 63.2 Å². The summed E-state index contributed by atoms with van der Waals surface area (Å²) in [6.45, 7) is 4.49. The largest absolute Gasteiger partial charge is 0.497 e. The predicted molar refractivity (Wildman–Crippen MR) is 165 cm³/mol. The van der Waals surface area contributed by atoms with E-state index in [1.165, 1.54) is 23.5 Å². The lowest BCUT2D eigenvalue weighted by Gasteiger charge is -2.37. The van der Waals surface area contributed by atoms with Crippen LogP contribution in [-0.4, -0.2) is 35.0 Å². The predicted octanol–water partition coefficient (Wildman–Crippen LogP) is 8.27. The molecule has 0 radical (unpaired) electrons. The van der Waals surface area contributed by atoms with Crippen LogP contribution in [0.3, 0.4) is 0 Å². The first-order valence-corrected chi connectivity index (χ1v) is 15.6. The molecule has 0 unspecified atom stereocenters. The fourth-order valence-corrected chi connectivity index (χ4v) is 6.40. The number of hydrogen-bond donors (Lipinski definition) is 0. The van der Waals surface area contributed by atoms with E-state index in [9.17, 15) is 9.59 Å². The lowest BCUT2D eigenvalue weighted by molar-refractivity contribution is -0.112. The summed E-state index contributed by atoms with van der Waals surface area (Å²) in [7, 11) is 1.66. The molecular weight excluding hydrogens is 524 g/mol. The standard InChI is InChI=1S/C33H40O4S2/c1-4-6-18-31(34)38-25-30(39-32(35)19-7-5-2)24-37-33(26-14-10-8-11-15-26,27-16-12-9-13-17-27)28-20-22-29(36-3)23-21-28/h8-17,20-23,30H,4-7,18-19,24-25H2,1-3H3/t30-/m0/s1. The molecule has 0 saturated heterocycles. The Bertz CT molecular complexity index is 1090. The quantitative estimate of drug-likeness (QED) is 0.163. The molecule has 0 saturated carbocycles. The Labute approximate surface area is 242 Å². The van der Waals surface area contributed by atoms with Gasteiger partial charge in [0.15, 0.2) is 10.2 Å². The molecule has 0 N–H and O–H groups in total. The average Bonchev–Trinajstić information content (AvgIpc) is 2.99. The number of ether oxygens (including phenoxy) is 2. The molecule has 3 aromatic carbocycles. The Morgan fingerprint density at radius 3 is 1.77 bits per heavy atom. The van der Waals surface area contributed by atoms with E-state index in [2.05, 4.69) is 38.1 Å². The maximum absolute atomic E-state index is 12.8. The summed E-state index contributed by atoms with van der Waals surface area (Å²) in [6, 6.07) is 28.3. The van der Waals surface area contributed by atoms with E-state index in [0.29, 0.717) is 25.2 Å². The highest BCUT2D eigenvalue weighted by atomic mass is 32.2. The van der Waals surface area contributed by atoms with Crippen LogP contribution in [0.25, 0.3) is 0 Å². The Morgan fingerprint density at radius 1 is 0.744 bits per heavy atom. The molecule has 0 spiro atoms. The third-order valence-electron chi connectivity index (χ3n) is 6.54. The number of carbonyl (C=O) groups is 2. The minimum atomic E-state index is -0.906. The molecule has 0 amide bonds. The first kappa shape index (κ1) is 31.0. The molecule has 0 fully saturated rings. The second-order valence-electron chi connectivity index (χ2n) is 9.45. The van der Waals surface area contributed by atoms with Crippen LogP contribution in [0.1, 0.15) is 69.1 Å². The summed E-state index contributed by atoms with van der Waals surface area (Å²) >= 11 is 2.65. The van der Waals surface area contributed by atoms with Gasteiger partial charge in [-0.05, 0) is 41.7 Å². The molecule has 3 aromatic rings. The van der Waals surface area contributed by atoms with Gasteiger partial charge in [-0.15, -0.1) is 0 Å². The van der Waals surface area contributed by atoms with Crippen LogP contribution < -0.4 is 4.74 Å². The molecule has 3 rings (SSSR count). The van der Waals surface area contributed by atoms with Gasteiger partial charge in [-0.25, -0.2) is 0 Å². The Kier molecular flexibility index (Phi) is 13.1. The first-order valence-electron chi connectivity index (χ1n) is 13.8. The molecule has 208 valence electrons. The Balaban J connectivity index is 1.99. The number of benzene rings is 3. The molecule has 6 heteroatoms. The van der Waals surface area contributed by atoms with Crippen LogP contribution in [0.5, 0.6) is 5.75 Å². The van der Waals surface area contributed by atoms with Crippen molar-refractivity contribution in [3.8, 4) is 5.75 Å². The van der Waals surface area contributed by atoms with Gasteiger partial charge in [0.2, 0.25) is 0 Å². The van der Waals surface area contributed by atoms with Crippen molar-refractivity contribution in [3.63, 3.8) is 0 Å². The zero-order valence-electron chi connectivity index (χ0n) is 23.3. The Morgan fingerprint density at radius 2 is 1.26 bits per heavy atom. The van der Waals surface area contributed by atoms with E-state index in [0.717, 1.165) is 48.1 Å². The second-order valence-corrected chi connectivity index (χ2v) is 11.9. The van der Waals surface area contributed by atoms with Crippen LogP contribution >= 0.6 is 23.5 Å². The minimum Gasteiger partial charge on any atom is -0.497 e. The highest BCUT2D eigenvalue weighted by molar-refractivity contribution is 8.17. The van der Waals surface area contributed by atoms with Gasteiger partial charge < -0.3 is 9.47 Å². The number of hydrogen-bond acceptors (Lipinski definition) is 6. The second kappa shape index (κ2) is 16.5. The van der Waals surface area contributed by atoms with E-state index in [4.69, 9.17) is 9.47 Å². The molecule has 4 nitrogen and oxygen atoms in total. The maximum Gasteiger partial charge on any atom is 0.189 e. The summed E-state index contributed by atoms with van der Waals surface area (Å²) in [5.41, 5.74) is 2.05. The van der Waals surface area contributed by atoms with Gasteiger partial charge in [0.1, 0.15) is 11.4 Å². The van der Waals surface area contributed by atoms with Crippen molar-refractivity contribution in [2.24, 2.45) is 0 Å². The van der Waals surface area contributed by atoms with Crippen LogP contribution in [0.4, 0.5) is 0 Å². The number of methoxy groups -OCH3 is 1. The molecule has 0 aliphatic rings. The van der Waals surface area contributed by atoms with E-state index < -0.39 is 5.60 Å². The molecule has 0 bridgehead atoms. The molecule has 1 atom stereocenters. The number of unbranched alkanes of at least 4 members (excludes halogenated alkanes) is 2. The normalized spacial score (nSPS) is 12.2. The molecule has 0 aliphatic heterocycles. The molecule has 39 heavy (non-hydrogen) atoms. The van der Waals surface area contributed by atoms with Crippen LogP contribution in [0.2, 0.25) is 0 Å². The molecular formula is C33H40O4S2. The summed E-state index contributed by atoms with van der Waals surface area (Å²) in [5, 5.41) is 0.174. The lowest BCUT2D eigenvalue weighted by Crippen LogP contribution is -2.36. The zero-order chi connectivity index (χ0) is 27.9. The highest BCUT2D eigenvalue weighted by Gasteiger charge is 2.38. The van der Waals surface area contributed by atoms with Gasteiger partial charge in [0.05, 0.1) is 13.7 Å². The van der Waals surface area contributed by atoms with Gasteiger partial charge in [-0.1, -0.05) is 123 Å². The van der Waals surface area contributed by atoms with E-state index in [-0.39, 0.29) is 15.5 Å². The van der Waals surface area contributed by atoms with Gasteiger partial charge in [0.25, 0.3) is 0 Å². The van der Waals surface area contributed by atoms with E-state index >= 15 is 0 Å². The maximum atomic E-state index is 12.8.